The van der Waals surface area contributed by atoms with Crippen molar-refractivity contribution >= 4 is 34.5 Å². The van der Waals surface area contributed by atoms with Crippen molar-refractivity contribution in [2.24, 2.45) is 0 Å². The first kappa shape index (κ1) is 15.9. The summed E-state index contributed by atoms with van der Waals surface area (Å²) in [7, 11) is 1.80. The van der Waals surface area contributed by atoms with Gasteiger partial charge >= 0.3 is 0 Å². The summed E-state index contributed by atoms with van der Waals surface area (Å²) in [4.78, 5) is 15.1. The topological polar surface area (TPSA) is 32.3 Å². The number of amides is 1. The van der Waals surface area contributed by atoms with Crippen molar-refractivity contribution in [2.75, 3.05) is 18.9 Å². The van der Waals surface area contributed by atoms with Crippen molar-refractivity contribution in [2.45, 2.75) is 19.9 Å². The summed E-state index contributed by atoms with van der Waals surface area (Å²) < 4.78 is 0.747. The fourth-order valence-electron chi connectivity index (χ4n) is 1.96. The predicted molar refractivity (Wildman–Crippen MR) is 90.3 cm³/mol. The molecule has 3 nitrogen and oxygen atoms in total. The van der Waals surface area contributed by atoms with E-state index in [0.717, 1.165) is 27.9 Å². The predicted octanol–water partition coefficient (Wildman–Crippen LogP) is 4.50. The standard InChI is InChI=1S/C16H19ClN2OS/c1-3-10-18-13-6-4-12(5-7-13)16(20)19(2)11-14-8-9-15(17)21-14/h4-9,18H,3,10-11H2,1-2H3. The van der Waals surface area contributed by atoms with Crippen molar-refractivity contribution in [1.29, 1.82) is 0 Å². The highest BCUT2D eigenvalue weighted by atomic mass is 35.5. The Labute approximate surface area is 134 Å². The number of nitrogens with one attached hydrogen (secondary N) is 1. The van der Waals surface area contributed by atoms with Crippen LogP contribution < -0.4 is 5.32 Å². The van der Waals surface area contributed by atoms with Gasteiger partial charge in [0, 0.05) is 29.7 Å². The van der Waals surface area contributed by atoms with Gasteiger partial charge in [0.2, 0.25) is 0 Å². The van der Waals surface area contributed by atoms with Gasteiger partial charge < -0.3 is 10.2 Å². The molecule has 0 radical (unpaired) electrons. The molecule has 2 aromatic rings. The van der Waals surface area contributed by atoms with E-state index in [1.807, 2.05) is 36.4 Å². The van der Waals surface area contributed by atoms with Crippen LogP contribution in [0.25, 0.3) is 0 Å². The molecule has 5 heteroatoms. The largest absolute Gasteiger partial charge is 0.385 e. The number of hydrogen-bond acceptors (Lipinski definition) is 3. The van der Waals surface area contributed by atoms with Crippen LogP contribution in [-0.2, 0) is 6.54 Å². The Hall–Kier alpha value is -1.52. The molecule has 0 fully saturated rings. The summed E-state index contributed by atoms with van der Waals surface area (Å²) in [5, 5.41) is 3.29. The molecule has 0 unspecified atom stereocenters. The van der Waals surface area contributed by atoms with Crippen LogP contribution in [0.15, 0.2) is 36.4 Å². The number of hydrogen-bond donors (Lipinski definition) is 1. The number of halogens is 1. The lowest BCUT2D eigenvalue weighted by Crippen LogP contribution is -2.25. The Morgan fingerprint density at radius 1 is 1.24 bits per heavy atom. The molecule has 2 rings (SSSR count). The quantitative estimate of drug-likeness (QED) is 0.849. The van der Waals surface area contributed by atoms with Crippen LogP contribution in [-0.4, -0.2) is 24.4 Å². The molecule has 0 aliphatic rings. The van der Waals surface area contributed by atoms with Crippen LogP contribution in [0.5, 0.6) is 0 Å². The van der Waals surface area contributed by atoms with E-state index in [1.54, 1.807) is 11.9 Å². The third kappa shape index (κ3) is 4.48. The van der Waals surface area contributed by atoms with Crippen LogP contribution >= 0.6 is 22.9 Å². The van der Waals surface area contributed by atoms with E-state index in [2.05, 4.69) is 12.2 Å². The van der Waals surface area contributed by atoms with Crippen LogP contribution in [0.2, 0.25) is 4.34 Å². The zero-order valence-electron chi connectivity index (χ0n) is 12.2. The molecule has 1 aromatic heterocycles. The second-order valence-electron chi connectivity index (χ2n) is 4.87. The smallest absolute Gasteiger partial charge is 0.253 e. The number of carbonyl (C=O) groups excluding carboxylic acids is 1. The van der Waals surface area contributed by atoms with Crippen LogP contribution in [0.4, 0.5) is 5.69 Å². The average molecular weight is 323 g/mol. The zero-order chi connectivity index (χ0) is 15.2. The first-order valence-corrected chi connectivity index (χ1v) is 8.13. The van der Waals surface area contributed by atoms with Gasteiger partial charge in [-0.15, -0.1) is 11.3 Å². The molecule has 21 heavy (non-hydrogen) atoms. The average Bonchev–Trinajstić information content (AvgIpc) is 2.90. The number of rotatable bonds is 6. The molecule has 0 spiro atoms. The van der Waals surface area contributed by atoms with Gasteiger partial charge in [-0.2, -0.15) is 0 Å². The fourth-order valence-corrected chi connectivity index (χ4v) is 3.10. The van der Waals surface area contributed by atoms with E-state index in [9.17, 15) is 4.79 Å². The second-order valence-corrected chi connectivity index (χ2v) is 6.67. The number of anilines is 1. The molecule has 112 valence electrons. The minimum absolute atomic E-state index is 0.0153. The Kier molecular flexibility index (Phi) is 5.65. The van der Waals surface area contributed by atoms with E-state index < -0.39 is 0 Å². The molecule has 0 saturated carbocycles. The van der Waals surface area contributed by atoms with Crippen LogP contribution in [0, 0.1) is 0 Å². The van der Waals surface area contributed by atoms with E-state index in [0.29, 0.717) is 12.1 Å². The highest BCUT2D eigenvalue weighted by molar-refractivity contribution is 7.16. The molecule has 0 atom stereocenters. The molecule has 0 saturated heterocycles. The molecule has 1 aromatic carbocycles. The number of benzene rings is 1. The summed E-state index contributed by atoms with van der Waals surface area (Å²) in [6, 6.07) is 11.4. The molecule has 1 heterocycles. The Morgan fingerprint density at radius 3 is 2.52 bits per heavy atom. The summed E-state index contributed by atoms with van der Waals surface area (Å²) in [5.74, 6) is 0.0153. The molecule has 0 bridgehead atoms. The third-order valence-electron chi connectivity index (χ3n) is 3.08. The van der Waals surface area contributed by atoms with Crippen molar-refractivity contribution < 1.29 is 4.79 Å². The molecular weight excluding hydrogens is 304 g/mol. The van der Waals surface area contributed by atoms with Crippen molar-refractivity contribution in [1.82, 2.24) is 4.90 Å². The van der Waals surface area contributed by atoms with E-state index in [4.69, 9.17) is 11.6 Å². The molecular formula is C16H19ClN2OS. The molecule has 1 N–H and O–H groups in total. The number of carbonyl (C=O) groups is 1. The van der Waals surface area contributed by atoms with Gasteiger partial charge in [-0.05, 0) is 42.8 Å². The minimum atomic E-state index is 0.0153. The molecule has 1 amide bonds. The molecule has 0 aliphatic carbocycles. The maximum atomic E-state index is 12.4. The minimum Gasteiger partial charge on any atom is -0.385 e. The highest BCUT2D eigenvalue weighted by Crippen LogP contribution is 2.23. The van der Waals surface area contributed by atoms with Crippen LogP contribution in [0.1, 0.15) is 28.6 Å². The SMILES string of the molecule is CCCNc1ccc(C(=O)N(C)Cc2ccc(Cl)s2)cc1. The first-order valence-electron chi connectivity index (χ1n) is 6.93. The summed E-state index contributed by atoms with van der Waals surface area (Å²) >= 11 is 7.41. The van der Waals surface area contributed by atoms with E-state index in [-0.39, 0.29) is 5.91 Å². The summed E-state index contributed by atoms with van der Waals surface area (Å²) in [6.07, 6.45) is 1.08. The van der Waals surface area contributed by atoms with Gasteiger partial charge in [0.1, 0.15) is 0 Å². The molecule has 0 aliphatic heterocycles. The lowest BCUT2D eigenvalue weighted by Gasteiger charge is -2.16. The number of thiophene rings is 1. The second kappa shape index (κ2) is 7.48. The summed E-state index contributed by atoms with van der Waals surface area (Å²) in [6.45, 7) is 3.63. The van der Waals surface area contributed by atoms with Crippen molar-refractivity contribution in [3.63, 3.8) is 0 Å². The number of nitrogens with zero attached hydrogens (tertiary/aromatic N) is 1. The zero-order valence-corrected chi connectivity index (χ0v) is 13.8. The van der Waals surface area contributed by atoms with Gasteiger partial charge in [0.25, 0.3) is 5.91 Å². The Morgan fingerprint density at radius 2 is 1.95 bits per heavy atom. The lowest BCUT2D eigenvalue weighted by atomic mass is 10.2. The van der Waals surface area contributed by atoms with Gasteiger partial charge in [-0.25, -0.2) is 0 Å². The lowest BCUT2D eigenvalue weighted by molar-refractivity contribution is 0.0786. The maximum absolute atomic E-state index is 12.4. The van der Waals surface area contributed by atoms with Gasteiger partial charge in [0.05, 0.1) is 10.9 Å². The third-order valence-corrected chi connectivity index (χ3v) is 4.30. The van der Waals surface area contributed by atoms with Crippen molar-refractivity contribution in [3.8, 4) is 0 Å². The fraction of sp³-hybridized carbons (Fsp3) is 0.312. The normalized spacial score (nSPS) is 10.4. The van der Waals surface area contributed by atoms with E-state index >= 15 is 0 Å². The van der Waals surface area contributed by atoms with Gasteiger partial charge in [-0.1, -0.05) is 18.5 Å². The monoisotopic (exact) mass is 322 g/mol. The van der Waals surface area contributed by atoms with Gasteiger partial charge in [0.15, 0.2) is 0 Å². The highest BCUT2D eigenvalue weighted by Gasteiger charge is 2.12. The van der Waals surface area contributed by atoms with Crippen molar-refractivity contribution in [3.05, 3.63) is 51.2 Å². The van der Waals surface area contributed by atoms with Crippen LogP contribution in [0.3, 0.4) is 0 Å². The first-order chi connectivity index (χ1) is 10.1. The Balaban J connectivity index is 1.98. The van der Waals surface area contributed by atoms with E-state index in [1.165, 1.54) is 11.3 Å². The van der Waals surface area contributed by atoms with Gasteiger partial charge in [-0.3, -0.25) is 4.79 Å². The Bertz CT molecular complexity index is 595. The summed E-state index contributed by atoms with van der Waals surface area (Å²) in [5.41, 5.74) is 1.74. The maximum Gasteiger partial charge on any atom is 0.253 e.